The van der Waals surface area contributed by atoms with Crippen molar-refractivity contribution in [3.8, 4) is 0 Å². The summed E-state index contributed by atoms with van der Waals surface area (Å²) in [7, 11) is 1.53. The first kappa shape index (κ1) is 17.9. The maximum absolute atomic E-state index is 11.6. The molecule has 1 atom stereocenters. The van der Waals surface area contributed by atoms with E-state index in [0.29, 0.717) is 12.5 Å². The van der Waals surface area contributed by atoms with E-state index in [1.54, 1.807) is 0 Å². The molecule has 0 saturated carbocycles. The van der Waals surface area contributed by atoms with Crippen molar-refractivity contribution in [3.05, 3.63) is 35.4 Å². The van der Waals surface area contributed by atoms with E-state index in [-0.39, 0.29) is 24.9 Å². The number of amides is 1. The van der Waals surface area contributed by atoms with Crippen LogP contribution < -0.4 is 11.1 Å². The maximum Gasteiger partial charge on any atom is 0.239 e. The van der Waals surface area contributed by atoms with Crippen LogP contribution in [0.1, 0.15) is 30.9 Å². The smallest absolute Gasteiger partial charge is 0.239 e. The number of nitrogens with one attached hydrogen (secondary N) is 1. The predicted molar refractivity (Wildman–Crippen MR) is 79.5 cm³/mol. The van der Waals surface area contributed by atoms with Crippen LogP contribution in [0.5, 0.6) is 0 Å². The maximum atomic E-state index is 11.6. The summed E-state index contributed by atoms with van der Waals surface area (Å²) in [5, 5.41) is 2.79. The topological polar surface area (TPSA) is 64.3 Å². The van der Waals surface area contributed by atoms with Gasteiger partial charge in [0.05, 0.1) is 6.61 Å². The SMILES string of the molecule is COCC(N)C(=O)NCc1ccc(C(C)C)cc1.Cl. The Hall–Kier alpha value is -1.10. The van der Waals surface area contributed by atoms with Crippen LogP contribution in [0.25, 0.3) is 0 Å². The first-order valence-corrected chi connectivity index (χ1v) is 6.15. The third-order valence-electron chi connectivity index (χ3n) is 2.80. The molecule has 1 aromatic carbocycles. The molecule has 1 aromatic rings. The Kier molecular flexibility index (Phi) is 8.39. The molecule has 5 heteroatoms. The lowest BCUT2D eigenvalue weighted by molar-refractivity contribution is -0.123. The molecule has 4 nitrogen and oxygen atoms in total. The first-order valence-electron chi connectivity index (χ1n) is 6.15. The van der Waals surface area contributed by atoms with Crippen molar-refractivity contribution in [1.29, 1.82) is 0 Å². The second-order valence-corrected chi connectivity index (χ2v) is 4.68. The monoisotopic (exact) mass is 286 g/mol. The van der Waals surface area contributed by atoms with Crippen molar-refractivity contribution >= 4 is 18.3 Å². The van der Waals surface area contributed by atoms with Crippen molar-refractivity contribution in [1.82, 2.24) is 5.32 Å². The standard InChI is InChI=1S/C14H22N2O2.ClH/c1-10(2)12-6-4-11(5-7-12)8-16-14(17)13(15)9-18-3;/h4-7,10,13H,8-9,15H2,1-3H3,(H,16,17);1H. The number of carbonyl (C=O) groups is 1. The Labute approximate surface area is 121 Å². The van der Waals surface area contributed by atoms with Gasteiger partial charge in [-0.3, -0.25) is 4.79 Å². The summed E-state index contributed by atoms with van der Waals surface area (Å²) in [4.78, 5) is 11.6. The summed E-state index contributed by atoms with van der Waals surface area (Å²) < 4.78 is 4.83. The molecule has 0 radical (unpaired) electrons. The van der Waals surface area contributed by atoms with Gasteiger partial charge >= 0.3 is 0 Å². The highest BCUT2D eigenvalue weighted by Crippen LogP contribution is 2.14. The van der Waals surface area contributed by atoms with Gasteiger partial charge in [0.25, 0.3) is 0 Å². The Morgan fingerprint density at radius 2 is 1.89 bits per heavy atom. The van der Waals surface area contributed by atoms with Crippen molar-refractivity contribution in [2.75, 3.05) is 13.7 Å². The number of nitrogens with two attached hydrogens (primary N) is 1. The Bertz CT molecular complexity index is 380. The third-order valence-corrected chi connectivity index (χ3v) is 2.80. The summed E-state index contributed by atoms with van der Waals surface area (Å²) in [5.41, 5.74) is 7.98. The largest absolute Gasteiger partial charge is 0.383 e. The molecule has 3 N–H and O–H groups in total. The van der Waals surface area contributed by atoms with Gasteiger partial charge in [0, 0.05) is 13.7 Å². The summed E-state index contributed by atoms with van der Waals surface area (Å²) in [6.07, 6.45) is 0. The van der Waals surface area contributed by atoms with Gasteiger partial charge in [-0.05, 0) is 17.0 Å². The molecule has 1 unspecified atom stereocenters. The van der Waals surface area contributed by atoms with E-state index in [0.717, 1.165) is 5.56 Å². The quantitative estimate of drug-likeness (QED) is 0.838. The van der Waals surface area contributed by atoms with Gasteiger partial charge < -0.3 is 15.8 Å². The second-order valence-electron chi connectivity index (χ2n) is 4.68. The van der Waals surface area contributed by atoms with Crippen LogP contribution in [0.3, 0.4) is 0 Å². The van der Waals surface area contributed by atoms with E-state index in [1.165, 1.54) is 12.7 Å². The van der Waals surface area contributed by atoms with Crippen LogP contribution in [0.4, 0.5) is 0 Å². The molecule has 0 spiro atoms. The van der Waals surface area contributed by atoms with Crippen LogP contribution >= 0.6 is 12.4 Å². The van der Waals surface area contributed by atoms with Crippen LogP contribution in [-0.2, 0) is 16.1 Å². The van der Waals surface area contributed by atoms with Crippen molar-refractivity contribution in [2.45, 2.75) is 32.4 Å². The zero-order chi connectivity index (χ0) is 13.5. The minimum atomic E-state index is -0.607. The fourth-order valence-electron chi connectivity index (χ4n) is 1.60. The molecule has 0 bridgehead atoms. The molecule has 1 amide bonds. The average molecular weight is 287 g/mol. The predicted octanol–water partition coefficient (Wildman–Crippen LogP) is 1.82. The normalized spacial score (nSPS) is 11.8. The third kappa shape index (κ3) is 6.05. The zero-order valence-corrected chi connectivity index (χ0v) is 12.5. The second kappa shape index (κ2) is 8.91. The van der Waals surface area contributed by atoms with Gasteiger partial charge in [-0.1, -0.05) is 38.1 Å². The number of hydrogen-bond acceptors (Lipinski definition) is 3. The number of benzene rings is 1. The Morgan fingerprint density at radius 3 is 2.37 bits per heavy atom. The lowest BCUT2D eigenvalue weighted by atomic mass is 10.0. The number of halogens is 1. The minimum Gasteiger partial charge on any atom is -0.383 e. The minimum absolute atomic E-state index is 0. The van der Waals surface area contributed by atoms with Gasteiger partial charge in [0.1, 0.15) is 6.04 Å². The van der Waals surface area contributed by atoms with Crippen LogP contribution in [0.2, 0.25) is 0 Å². The molecular weight excluding hydrogens is 264 g/mol. The van der Waals surface area contributed by atoms with Gasteiger partial charge in [0.15, 0.2) is 0 Å². The highest BCUT2D eigenvalue weighted by Gasteiger charge is 2.12. The number of carbonyl (C=O) groups excluding carboxylic acids is 1. The number of methoxy groups -OCH3 is 1. The zero-order valence-electron chi connectivity index (χ0n) is 11.7. The highest BCUT2D eigenvalue weighted by molar-refractivity contribution is 5.85. The molecule has 1 rings (SSSR count). The number of rotatable bonds is 6. The van der Waals surface area contributed by atoms with Crippen molar-refractivity contribution in [2.24, 2.45) is 5.73 Å². The molecule has 0 heterocycles. The van der Waals surface area contributed by atoms with Gasteiger partial charge in [-0.2, -0.15) is 0 Å². The molecule has 0 saturated heterocycles. The van der Waals surface area contributed by atoms with Gasteiger partial charge in [-0.25, -0.2) is 0 Å². The lowest BCUT2D eigenvalue weighted by Gasteiger charge is -2.12. The molecule has 19 heavy (non-hydrogen) atoms. The van der Waals surface area contributed by atoms with E-state index >= 15 is 0 Å². The molecule has 0 aliphatic rings. The number of ether oxygens (including phenoxy) is 1. The summed E-state index contributed by atoms with van der Waals surface area (Å²) in [5.74, 6) is 0.327. The molecule has 0 fully saturated rings. The van der Waals surface area contributed by atoms with Gasteiger partial charge in [-0.15, -0.1) is 12.4 Å². The van der Waals surface area contributed by atoms with E-state index < -0.39 is 6.04 Å². The van der Waals surface area contributed by atoms with E-state index in [2.05, 4.69) is 31.3 Å². The van der Waals surface area contributed by atoms with Crippen LogP contribution in [0.15, 0.2) is 24.3 Å². The van der Waals surface area contributed by atoms with Gasteiger partial charge in [0.2, 0.25) is 5.91 Å². The lowest BCUT2D eigenvalue weighted by Crippen LogP contribution is -2.43. The molecule has 108 valence electrons. The van der Waals surface area contributed by atoms with E-state index in [1.807, 2.05) is 12.1 Å². The van der Waals surface area contributed by atoms with E-state index in [9.17, 15) is 4.79 Å². The molecular formula is C14H23ClN2O2. The fraction of sp³-hybridized carbons (Fsp3) is 0.500. The number of hydrogen-bond donors (Lipinski definition) is 2. The highest BCUT2D eigenvalue weighted by atomic mass is 35.5. The molecule has 0 aliphatic carbocycles. The summed E-state index contributed by atoms with van der Waals surface area (Å²) in [6.45, 7) is 5.04. The fourth-order valence-corrected chi connectivity index (χ4v) is 1.60. The van der Waals surface area contributed by atoms with E-state index in [4.69, 9.17) is 10.5 Å². The molecule has 0 aliphatic heterocycles. The summed E-state index contributed by atoms with van der Waals surface area (Å²) in [6, 6.07) is 7.61. The Balaban J connectivity index is 0.00000324. The Morgan fingerprint density at radius 1 is 1.32 bits per heavy atom. The summed E-state index contributed by atoms with van der Waals surface area (Å²) >= 11 is 0. The average Bonchev–Trinajstić information content (AvgIpc) is 2.36. The first-order chi connectivity index (χ1) is 8.54. The molecule has 0 aromatic heterocycles. The van der Waals surface area contributed by atoms with Crippen molar-refractivity contribution < 1.29 is 9.53 Å². The van der Waals surface area contributed by atoms with Crippen LogP contribution in [-0.4, -0.2) is 25.7 Å². The van der Waals surface area contributed by atoms with Crippen LogP contribution in [0, 0.1) is 0 Å². The van der Waals surface area contributed by atoms with Crippen molar-refractivity contribution in [3.63, 3.8) is 0 Å².